The molecule has 1 aromatic rings. The number of nitrogens with zero attached hydrogens (tertiary/aromatic N) is 1. The van der Waals surface area contributed by atoms with Crippen LogP contribution in [0.15, 0.2) is 24.3 Å². The van der Waals surface area contributed by atoms with Crippen LogP contribution >= 0.6 is 0 Å². The van der Waals surface area contributed by atoms with Crippen molar-refractivity contribution in [2.45, 2.75) is 25.5 Å². The molecule has 0 spiro atoms. The first-order valence-corrected chi connectivity index (χ1v) is 6.90. The number of nitrogens with one attached hydrogen (secondary N) is 1. The predicted molar refractivity (Wildman–Crippen MR) is 77.1 cm³/mol. The highest BCUT2D eigenvalue weighted by molar-refractivity contribution is 5.81. The van der Waals surface area contributed by atoms with Crippen molar-refractivity contribution in [3.8, 4) is 11.5 Å². The number of carbonyl (C=O) groups is 1. The Labute approximate surface area is 119 Å². The lowest BCUT2D eigenvalue weighted by Crippen LogP contribution is -2.44. The van der Waals surface area contributed by atoms with Gasteiger partial charge in [-0.2, -0.15) is 0 Å². The van der Waals surface area contributed by atoms with E-state index in [-0.39, 0.29) is 11.9 Å². The van der Waals surface area contributed by atoms with Gasteiger partial charge in [-0.1, -0.05) is 0 Å². The molecule has 1 aromatic carbocycles. The summed E-state index contributed by atoms with van der Waals surface area (Å²) in [6, 6.07) is 7.51. The van der Waals surface area contributed by atoms with Crippen LogP contribution in [-0.2, 0) is 4.79 Å². The molecule has 1 saturated heterocycles. The smallest absolute Gasteiger partial charge is 0.263 e. The fourth-order valence-corrected chi connectivity index (χ4v) is 2.35. The van der Waals surface area contributed by atoms with Crippen LogP contribution in [0, 0.1) is 0 Å². The van der Waals surface area contributed by atoms with E-state index in [1.165, 1.54) is 0 Å². The van der Waals surface area contributed by atoms with Gasteiger partial charge in [-0.3, -0.25) is 4.79 Å². The maximum atomic E-state index is 12.3. The lowest BCUT2D eigenvalue weighted by molar-refractivity contribution is -0.138. The Bertz CT molecular complexity index is 441. The summed E-state index contributed by atoms with van der Waals surface area (Å²) in [4.78, 5) is 14.1. The third-order valence-corrected chi connectivity index (χ3v) is 3.65. The van der Waals surface area contributed by atoms with Gasteiger partial charge < -0.3 is 19.7 Å². The van der Waals surface area contributed by atoms with Crippen LogP contribution in [-0.4, -0.2) is 50.2 Å². The van der Waals surface area contributed by atoms with Crippen molar-refractivity contribution in [3.63, 3.8) is 0 Å². The Kier molecular flexibility index (Phi) is 4.84. The molecule has 1 aliphatic rings. The quantitative estimate of drug-likeness (QED) is 0.881. The van der Waals surface area contributed by atoms with Crippen molar-refractivity contribution in [1.29, 1.82) is 0 Å². The van der Waals surface area contributed by atoms with Crippen molar-refractivity contribution in [3.05, 3.63) is 24.3 Å². The maximum Gasteiger partial charge on any atom is 0.263 e. The topological polar surface area (TPSA) is 50.8 Å². The van der Waals surface area contributed by atoms with Gasteiger partial charge in [0, 0.05) is 19.6 Å². The van der Waals surface area contributed by atoms with Gasteiger partial charge in [0.15, 0.2) is 6.10 Å². The van der Waals surface area contributed by atoms with Crippen molar-refractivity contribution in [2.24, 2.45) is 0 Å². The average Bonchev–Trinajstić information content (AvgIpc) is 3.00. The normalized spacial score (nSPS) is 19.4. The maximum absolute atomic E-state index is 12.3. The summed E-state index contributed by atoms with van der Waals surface area (Å²) < 4.78 is 10.8. The minimum absolute atomic E-state index is 0.00881. The summed E-state index contributed by atoms with van der Waals surface area (Å²) in [7, 11) is 3.46. The molecule has 0 saturated carbocycles. The fraction of sp³-hybridized carbons (Fsp3) is 0.533. The zero-order valence-corrected chi connectivity index (χ0v) is 12.3. The van der Waals surface area contributed by atoms with Crippen LogP contribution in [0.2, 0.25) is 0 Å². The number of carbonyl (C=O) groups excluding carboxylic acids is 1. The third-order valence-electron chi connectivity index (χ3n) is 3.65. The van der Waals surface area contributed by atoms with Gasteiger partial charge in [-0.15, -0.1) is 0 Å². The number of hydrogen-bond acceptors (Lipinski definition) is 4. The summed E-state index contributed by atoms with van der Waals surface area (Å²) in [6.45, 7) is 3.61. The molecule has 2 rings (SSSR count). The number of methoxy groups -OCH3 is 1. The minimum atomic E-state index is -0.492. The molecule has 5 nitrogen and oxygen atoms in total. The average molecular weight is 278 g/mol. The molecule has 2 atom stereocenters. The molecule has 20 heavy (non-hydrogen) atoms. The molecule has 0 radical (unpaired) electrons. The zero-order valence-electron chi connectivity index (χ0n) is 12.3. The highest BCUT2D eigenvalue weighted by atomic mass is 16.5. The molecule has 1 fully saturated rings. The van der Waals surface area contributed by atoms with Crippen LogP contribution in [0.4, 0.5) is 0 Å². The number of amides is 1. The highest BCUT2D eigenvalue weighted by Crippen LogP contribution is 2.19. The SMILES string of the molecule is COc1ccc(OC(C)C(=O)N(C)C2CCNC2)cc1. The molecule has 0 bridgehead atoms. The Morgan fingerprint density at radius 3 is 2.55 bits per heavy atom. The first kappa shape index (κ1) is 14.7. The summed E-state index contributed by atoms with van der Waals surface area (Å²) in [5, 5.41) is 3.26. The number of likely N-dealkylation sites (N-methyl/N-ethyl adjacent to an activating group) is 1. The van der Waals surface area contributed by atoms with Crippen LogP contribution in [0.25, 0.3) is 0 Å². The van der Waals surface area contributed by atoms with Gasteiger partial charge in [0.1, 0.15) is 11.5 Å². The number of hydrogen-bond donors (Lipinski definition) is 1. The Balaban J connectivity index is 1.92. The predicted octanol–water partition coefficient (Wildman–Crippen LogP) is 1.28. The molecule has 2 unspecified atom stereocenters. The monoisotopic (exact) mass is 278 g/mol. The van der Waals surface area contributed by atoms with E-state index in [1.54, 1.807) is 31.1 Å². The van der Waals surface area contributed by atoms with E-state index in [9.17, 15) is 4.79 Å². The molecule has 1 aliphatic heterocycles. The van der Waals surface area contributed by atoms with Gasteiger partial charge >= 0.3 is 0 Å². The van der Waals surface area contributed by atoms with Gasteiger partial charge in [0.05, 0.1) is 7.11 Å². The number of ether oxygens (including phenoxy) is 2. The molecule has 110 valence electrons. The molecule has 1 N–H and O–H groups in total. The summed E-state index contributed by atoms with van der Waals surface area (Å²) in [6.07, 6.45) is 0.506. The van der Waals surface area contributed by atoms with Gasteiger partial charge in [-0.25, -0.2) is 0 Å². The molecule has 0 aromatic heterocycles. The third kappa shape index (κ3) is 3.42. The molecular weight excluding hydrogens is 256 g/mol. The highest BCUT2D eigenvalue weighted by Gasteiger charge is 2.27. The number of rotatable bonds is 5. The van der Waals surface area contributed by atoms with Crippen LogP contribution in [0.1, 0.15) is 13.3 Å². The fourth-order valence-electron chi connectivity index (χ4n) is 2.35. The zero-order chi connectivity index (χ0) is 14.5. The van der Waals surface area contributed by atoms with Crippen molar-refractivity contribution >= 4 is 5.91 Å². The molecule has 1 amide bonds. The van der Waals surface area contributed by atoms with Gasteiger partial charge in [0.25, 0.3) is 5.91 Å². The van der Waals surface area contributed by atoms with E-state index < -0.39 is 6.10 Å². The first-order valence-electron chi connectivity index (χ1n) is 6.90. The van der Waals surface area contributed by atoms with Crippen molar-refractivity contribution in [2.75, 3.05) is 27.2 Å². The second-order valence-corrected chi connectivity index (χ2v) is 5.03. The van der Waals surface area contributed by atoms with Crippen molar-refractivity contribution < 1.29 is 14.3 Å². The van der Waals surface area contributed by atoms with E-state index in [2.05, 4.69) is 5.32 Å². The number of benzene rings is 1. The lowest BCUT2D eigenvalue weighted by atomic mass is 10.2. The van der Waals surface area contributed by atoms with E-state index in [1.807, 2.05) is 19.2 Å². The molecular formula is C15H22N2O3. The molecule has 0 aliphatic carbocycles. The van der Waals surface area contributed by atoms with Crippen LogP contribution in [0.5, 0.6) is 11.5 Å². The Morgan fingerprint density at radius 2 is 2.00 bits per heavy atom. The molecule has 5 heteroatoms. The second kappa shape index (κ2) is 6.61. The lowest BCUT2D eigenvalue weighted by Gasteiger charge is -2.27. The summed E-state index contributed by atoms with van der Waals surface area (Å²) >= 11 is 0. The molecule has 1 heterocycles. The summed E-state index contributed by atoms with van der Waals surface area (Å²) in [5.74, 6) is 1.45. The van der Waals surface area contributed by atoms with E-state index >= 15 is 0 Å². The standard InChI is InChI=1S/C15H22N2O3/c1-11(15(18)17(2)12-8-9-16-10-12)20-14-6-4-13(19-3)5-7-14/h4-7,11-12,16H,8-10H2,1-3H3. The second-order valence-electron chi connectivity index (χ2n) is 5.03. The van der Waals surface area contributed by atoms with Crippen LogP contribution in [0.3, 0.4) is 0 Å². The largest absolute Gasteiger partial charge is 0.497 e. The van der Waals surface area contributed by atoms with Crippen LogP contribution < -0.4 is 14.8 Å². The Morgan fingerprint density at radius 1 is 1.35 bits per heavy atom. The Hall–Kier alpha value is -1.75. The van der Waals surface area contributed by atoms with E-state index in [4.69, 9.17) is 9.47 Å². The van der Waals surface area contributed by atoms with E-state index in [0.717, 1.165) is 25.3 Å². The summed E-state index contributed by atoms with van der Waals surface area (Å²) in [5.41, 5.74) is 0. The van der Waals surface area contributed by atoms with Crippen molar-refractivity contribution in [1.82, 2.24) is 10.2 Å². The van der Waals surface area contributed by atoms with Gasteiger partial charge in [-0.05, 0) is 44.2 Å². The minimum Gasteiger partial charge on any atom is -0.497 e. The van der Waals surface area contributed by atoms with E-state index in [0.29, 0.717) is 5.75 Å². The van der Waals surface area contributed by atoms with Gasteiger partial charge in [0.2, 0.25) is 0 Å². The first-order chi connectivity index (χ1) is 9.61.